The average Bonchev–Trinajstić information content (AvgIpc) is 2.53. The van der Waals surface area contributed by atoms with Crippen molar-refractivity contribution in [3.05, 3.63) is 23.2 Å². The van der Waals surface area contributed by atoms with Crippen molar-refractivity contribution in [2.45, 2.75) is 36.7 Å². The van der Waals surface area contributed by atoms with Crippen LogP contribution in [0.4, 0.5) is 0 Å². The number of hydrogen-bond donors (Lipinski definition) is 0. The maximum atomic E-state index is 12.5. The fraction of sp³-hybridized carbons (Fsp3) is 0.600. The molecule has 5 nitrogen and oxygen atoms in total. The summed E-state index contributed by atoms with van der Waals surface area (Å²) in [4.78, 5) is 0.172. The van der Waals surface area contributed by atoms with Gasteiger partial charge in [-0.2, -0.15) is 0 Å². The van der Waals surface area contributed by atoms with E-state index in [0.717, 1.165) is 25.9 Å². The zero-order valence-electron chi connectivity index (χ0n) is 12.9. The van der Waals surface area contributed by atoms with E-state index < -0.39 is 10.0 Å². The first-order valence-corrected chi connectivity index (χ1v) is 9.18. The van der Waals surface area contributed by atoms with E-state index in [4.69, 9.17) is 21.1 Å². The molecule has 1 fully saturated rings. The van der Waals surface area contributed by atoms with Crippen LogP contribution < -0.4 is 4.74 Å². The third-order valence-corrected chi connectivity index (χ3v) is 6.02. The summed E-state index contributed by atoms with van der Waals surface area (Å²) in [5.74, 6) is 0.457. The third kappa shape index (κ3) is 4.13. The number of ether oxygens (including phenoxy) is 2. The maximum Gasteiger partial charge on any atom is 0.242 e. The first kappa shape index (κ1) is 17.5. The molecule has 1 saturated heterocycles. The molecule has 124 valence electrons. The molecule has 0 aliphatic carbocycles. The molecule has 1 unspecified atom stereocenters. The van der Waals surface area contributed by atoms with Crippen molar-refractivity contribution in [1.29, 1.82) is 0 Å². The van der Waals surface area contributed by atoms with Gasteiger partial charge in [-0.05, 0) is 43.9 Å². The van der Waals surface area contributed by atoms with Gasteiger partial charge in [0.2, 0.25) is 10.0 Å². The lowest BCUT2D eigenvalue weighted by Crippen LogP contribution is -2.31. The second kappa shape index (κ2) is 7.64. The number of rotatable bonds is 6. The van der Waals surface area contributed by atoms with E-state index >= 15 is 0 Å². The number of methoxy groups -OCH3 is 1. The van der Waals surface area contributed by atoms with E-state index in [9.17, 15) is 8.42 Å². The summed E-state index contributed by atoms with van der Waals surface area (Å²) in [6.07, 6.45) is 4.11. The summed E-state index contributed by atoms with van der Waals surface area (Å²) in [7, 11) is -0.478. The minimum absolute atomic E-state index is 0.158. The van der Waals surface area contributed by atoms with Crippen LogP contribution in [0.1, 0.15) is 25.7 Å². The number of hydrogen-bond acceptors (Lipinski definition) is 4. The van der Waals surface area contributed by atoms with Crippen molar-refractivity contribution in [2.24, 2.45) is 0 Å². The van der Waals surface area contributed by atoms with Crippen LogP contribution in [0.15, 0.2) is 23.1 Å². The molecule has 0 saturated carbocycles. The third-order valence-electron chi connectivity index (χ3n) is 3.87. The Morgan fingerprint density at radius 1 is 1.41 bits per heavy atom. The Labute approximate surface area is 137 Å². The molecule has 0 spiro atoms. The zero-order chi connectivity index (χ0) is 16.2. The molecule has 1 aromatic rings. The van der Waals surface area contributed by atoms with Crippen molar-refractivity contribution in [3.63, 3.8) is 0 Å². The van der Waals surface area contributed by atoms with Gasteiger partial charge in [0.15, 0.2) is 0 Å². The van der Waals surface area contributed by atoms with E-state index in [-0.39, 0.29) is 16.0 Å². The van der Waals surface area contributed by atoms with Crippen LogP contribution in [0.25, 0.3) is 0 Å². The lowest BCUT2D eigenvalue weighted by molar-refractivity contribution is 0.00950. The van der Waals surface area contributed by atoms with Gasteiger partial charge in [-0.3, -0.25) is 0 Å². The SMILES string of the molecule is COc1ccc(S(=O)(=O)N(C)CCC2CCCCO2)cc1Cl. The molecule has 0 radical (unpaired) electrons. The Bertz CT molecular complexity index is 600. The first-order chi connectivity index (χ1) is 10.4. The normalized spacial score (nSPS) is 19.4. The van der Waals surface area contributed by atoms with Crippen LogP contribution >= 0.6 is 11.6 Å². The molecule has 1 heterocycles. The number of nitrogens with zero attached hydrogens (tertiary/aromatic N) is 1. The van der Waals surface area contributed by atoms with Gasteiger partial charge in [0.1, 0.15) is 5.75 Å². The summed E-state index contributed by atoms with van der Waals surface area (Å²) in [6, 6.07) is 4.49. The molecule has 0 bridgehead atoms. The van der Waals surface area contributed by atoms with Crippen LogP contribution in [0.2, 0.25) is 5.02 Å². The van der Waals surface area contributed by atoms with Crippen molar-refractivity contribution in [2.75, 3.05) is 27.3 Å². The van der Waals surface area contributed by atoms with Crippen molar-refractivity contribution in [1.82, 2.24) is 4.31 Å². The second-order valence-corrected chi connectivity index (χ2v) is 7.85. The summed E-state index contributed by atoms with van der Waals surface area (Å²) < 4.78 is 37.1. The molecule has 0 aromatic heterocycles. The predicted molar refractivity (Wildman–Crippen MR) is 86.0 cm³/mol. The zero-order valence-corrected chi connectivity index (χ0v) is 14.5. The van der Waals surface area contributed by atoms with E-state index in [1.807, 2.05) is 0 Å². The van der Waals surface area contributed by atoms with Crippen LogP contribution in [0.5, 0.6) is 5.75 Å². The van der Waals surface area contributed by atoms with Gasteiger partial charge in [0, 0.05) is 20.2 Å². The average molecular weight is 348 g/mol. The molecule has 2 rings (SSSR count). The van der Waals surface area contributed by atoms with Crippen LogP contribution in [0, 0.1) is 0 Å². The van der Waals surface area contributed by atoms with Gasteiger partial charge in [-0.15, -0.1) is 0 Å². The fourth-order valence-electron chi connectivity index (χ4n) is 2.47. The quantitative estimate of drug-likeness (QED) is 0.794. The monoisotopic (exact) mass is 347 g/mol. The molecule has 1 aromatic carbocycles. The Hall–Kier alpha value is -0.820. The number of benzene rings is 1. The largest absolute Gasteiger partial charge is 0.495 e. The van der Waals surface area contributed by atoms with Crippen molar-refractivity contribution < 1.29 is 17.9 Å². The van der Waals surface area contributed by atoms with E-state index in [1.54, 1.807) is 13.1 Å². The van der Waals surface area contributed by atoms with Gasteiger partial charge in [0.05, 0.1) is 23.1 Å². The Morgan fingerprint density at radius 3 is 2.77 bits per heavy atom. The molecular weight excluding hydrogens is 326 g/mol. The highest BCUT2D eigenvalue weighted by Gasteiger charge is 2.23. The molecule has 1 aliphatic rings. The van der Waals surface area contributed by atoms with E-state index in [0.29, 0.717) is 18.7 Å². The Morgan fingerprint density at radius 2 is 2.18 bits per heavy atom. The van der Waals surface area contributed by atoms with Gasteiger partial charge < -0.3 is 9.47 Å². The first-order valence-electron chi connectivity index (χ1n) is 7.36. The van der Waals surface area contributed by atoms with Crippen LogP contribution in [0.3, 0.4) is 0 Å². The Kier molecular flexibility index (Phi) is 6.09. The number of halogens is 1. The summed E-state index contributed by atoms with van der Waals surface area (Å²) in [5.41, 5.74) is 0. The number of sulfonamides is 1. The minimum Gasteiger partial charge on any atom is -0.495 e. The lowest BCUT2D eigenvalue weighted by atomic mass is 10.1. The Balaban J connectivity index is 2.03. The maximum absolute atomic E-state index is 12.5. The predicted octanol–water partition coefficient (Wildman–Crippen LogP) is 2.93. The molecule has 1 aliphatic heterocycles. The van der Waals surface area contributed by atoms with Gasteiger partial charge in [0.25, 0.3) is 0 Å². The lowest BCUT2D eigenvalue weighted by Gasteiger charge is -2.25. The highest BCUT2D eigenvalue weighted by Crippen LogP contribution is 2.28. The second-order valence-electron chi connectivity index (χ2n) is 5.40. The summed E-state index contributed by atoms with van der Waals surface area (Å²) >= 11 is 6.01. The highest BCUT2D eigenvalue weighted by molar-refractivity contribution is 7.89. The van der Waals surface area contributed by atoms with Crippen molar-refractivity contribution in [3.8, 4) is 5.75 Å². The van der Waals surface area contributed by atoms with Gasteiger partial charge >= 0.3 is 0 Å². The summed E-state index contributed by atoms with van der Waals surface area (Å²) in [5, 5.41) is 0.285. The van der Waals surface area contributed by atoms with Gasteiger partial charge in [-0.25, -0.2) is 12.7 Å². The van der Waals surface area contributed by atoms with Crippen LogP contribution in [-0.2, 0) is 14.8 Å². The fourth-order valence-corrected chi connectivity index (χ4v) is 4.00. The highest BCUT2D eigenvalue weighted by atomic mass is 35.5. The minimum atomic E-state index is -3.55. The standard InChI is InChI=1S/C15H22ClNO4S/c1-17(9-8-12-5-3-4-10-21-12)22(18,19)13-6-7-15(20-2)14(16)11-13/h6-7,11-12H,3-5,8-10H2,1-2H3. The van der Waals surface area contributed by atoms with Crippen molar-refractivity contribution >= 4 is 21.6 Å². The van der Waals surface area contributed by atoms with Gasteiger partial charge in [-0.1, -0.05) is 11.6 Å². The molecule has 0 N–H and O–H groups in total. The molecule has 7 heteroatoms. The van der Waals surface area contributed by atoms with E-state index in [1.165, 1.54) is 23.5 Å². The molecule has 0 amide bonds. The molecular formula is C15H22ClNO4S. The van der Waals surface area contributed by atoms with E-state index in [2.05, 4.69) is 0 Å². The topological polar surface area (TPSA) is 55.8 Å². The summed E-state index contributed by atoms with van der Waals surface area (Å²) in [6.45, 7) is 1.20. The molecule has 1 atom stereocenters. The molecule has 22 heavy (non-hydrogen) atoms. The smallest absolute Gasteiger partial charge is 0.242 e. The van der Waals surface area contributed by atoms with Crippen LogP contribution in [-0.4, -0.2) is 46.1 Å².